The number of amides is 1. The van der Waals surface area contributed by atoms with Gasteiger partial charge in [-0.15, -0.1) is 0 Å². The molecule has 0 spiro atoms. The number of ether oxygens (including phenoxy) is 1. The van der Waals surface area contributed by atoms with Crippen molar-refractivity contribution in [2.24, 2.45) is 0 Å². The van der Waals surface area contributed by atoms with E-state index in [2.05, 4.69) is 4.98 Å². The minimum Gasteiger partial charge on any atom is -0.496 e. The molecule has 1 amide bonds. The van der Waals surface area contributed by atoms with Crippen LogP contribution in [0, 0.1) is 6.92 Å². The normalized spacial score (nSPS) is 10.7. The quantitative estimate of drug-likeness (QED) is 0.567. The number of hydrogen-bond acceptors (Lipinski definition) is 4. The number of carbonyl (C=O) groups is 1. The van der Waals surface area contributed by atoms with Gasteiger partial charge in [0, 0.05) is 42.6 Å². The molecule has 0 radical (unpaired) electrons. The molecule has 0 saturated heterocycles. The lowest BCUT2D eigenvalue weighted by molar-refractivity contribution is -0.130. The number of aromatic nitrogens is 1. The Morgan fingerprint density at radius 2 is 1.96 bits per heavy atom. The van der Waals surface area contributed by atoms with E-state index in [1.165, 1.54) is 5.56 Å². The topological polar surface area (TPSA) is 55.6 Å². The predicted molar refractivity (Wildman–Crippen MR) is 109 cm³/mol. The smallest absolute Gasteiger partial charge is 0.223 e. The van der Waals surface area contributed by atoms with Crippen LogP contribution in [0.15, 0.2) is 53.1 Å². The van der Waals surface area contributed by atoms with Crippen molar-refractivity contribution in [1.29, 1.82) is 0 Å². The third-order valence-corrected chi connectivity index (χ3v) is 4.75. The van der Waals surface area contributed by atoms with Crippen molar-refractivity contribution in [2.45, 2.75) is 26.3 Å². The summed E-state index contributed by atoms with van der Waals surface area (Å²) in [4.78, 5) is 18.4. The lowest BCUT2D eigenvalue weighted by Gasteiger charge is -2.19. The number of carbonyl (C=O) groups excluding carboxylic acids is 1. The molecule has 28 heavy (non-hydrogen) atoms. The van der Waals surface area contributed by atoms with Crippen molar-refractivity contribution in [3.05, 3.63) is 70.7 Å². The van der Waals surface area contributed by atoms with Crippen molar-refractivity contribution in [1.82, 2.24) is 9.88 Å². The number of oxazole rings is 1. The van der Waals surface area contributed by atoms with Crippen molar-refractivity contribution < 1.29 is 13.9 Å². The minimum atomic E-state index is -0.00267. The van der Waals surface area contributed by atoms with Crippen molar-refractivity contribution in [3.8, 4) is 17.1 Å². The SMILES string of the molecule is COc1ccc(Cl)cc1CN(C)C(=O)CCc1ncc(-c2ccc(C)cc2)o1. The second kappa shape index (κ2) is 8.93. The Kier molecular flexibility index (Phi) is 6.37. The molecule has 1 heterocycles. The maximum atomic E-state index is 12.5. The minimum absolute atomic E-state index is 0.00267. The van der Waals surface area contributed by atoms with E-state index >= 15 is 0 Å². The van der Waals surface area contributed by atoms with Gasteiger partial charge in [-0.05, 0) is 25.1 Å². The first-order valence-electron chi connectivity index (χ1n) is 9.04. The molecule has 3 aromatic rings. The van der Waals surface area contributed by atoms with E-state index in [0.29, 0.717) is 41.8 Å². The first kappa shape index (κ1) is 20.0. The lowest BCUT2D eigenvalue weighted by atomic mass is 10.1. The third-order valence-electron chi connectivity index (χ3n) is 4.52. The van der Waals surface area contributed by atoms with E-state index < -0.39 is 0 Å². The Hall–Kier alpha value is -2.79. The average molecular weight is 399 g/mol. The number of halogens is 1. The number of rotatable bonds is 7. The van der Waals surface area contributed by atoms with Crippen LogP contribution in [0.25, 0.3) is 11.3 Å². The maximum absolute atomic E-state index is 12.5. The molecule has 6 heteroatoms. The summed E-state index contributed by atoms with van der Waals surface area (Å²) in [7, 11) is 3.36. The van der Waals surface area contributed by atoms with Crippen LogP contribution in [0.4, 0.5) is 0 Å². The Morgan fingerprint density at radius 1 is 1.21 bits per heavy atom. The van der Waals surface area contributed by atoms with Crippen LogP contribution in [0.3, 0.4) is 0 Å². The molecule has 146 valence electrons. The molecule has 0 aliphatic carbocycles. The van der Waals surface area contributed by atoms with Crippen molar-refractivity contribution in [3.63, 3.8) is 0 Å². The number of methoxy groups -OCH3 is 1. The van der Waals surface area contributed by atoms with Gasteiger partial charge in [-0.25, -0.2) is 4.98 Å². The summed E-state index contributed by atoms with van der Waals surface area (Å²) >= 11 is 6.06. The zero-order chi connectivity index (χ0) is 20.1. The summed E-state index contributed by atoms with van der Waals surface area (Å²) in [5.41, 5.74) is 3.03. The van der Waals surface area contributed by atoms with Gasteiger partial charge in [0.2, 0.25) is 5.91 Å². The van der Waals surface area contributed by atoms with E-state index in [9.17, 15) is 4.79 Å². The second-order valence-electron chi connectivity index (χ2n) is 6.69. The van der Waals surface area contributed by atoms with Crippen LogP contribution >= 0.6 is 11.6 Å². The molecule has 5 nitrogen and oxygen atoms in total. The van der Waals surface area contributed by atoms with E-state index in [-0.39, 0.29) is 5.91 Å². The summed E-state index contributed by atoms with van der Waals surface area (Å²) in [6, 6.07) is 13.4. The monoisotopic (exact) mass is 398 g/mol. The van der Waals surface area contributed by atoms with Crippen LogP contribution in [0.1, 0.15) is 23.4 Å². The van der Waals surface area contributed by atoms with E-state index in [0.717, 1.165) is 11.1 Å². The van der Waals surface area contributed by atoms with Crippen LogP contribution in [0.2, 0.25) is 5.02 Å². The fourth-order valence-corrected chi connectivity index (χ4v) is 3.09. The fourth-order valence-electron chi connectivity index (χ4n) is 2.90. The Balaban J connectivity index is 1.58. The number of benzene rings is 2. The fraction of sp³-hybridized carbons (Fsp3) is 0.273. The van der Waals surface area contributed by atoms with Gasteiger partial charge in [0.25, 0.3) is 0 Å². The maximum Gasteiger partial charge on any atom is 0.223 e. The summed E-state index contributed by atoms with van der Waals surface area (Å²) in [5, 5.41) is 0.611. The van der Waals surface area contributed by atoms with E-state index in [1.807, 2.05) is 37.3 Å². The highest BCUT2D eigenvalue weighted by Gasteiger charge is 2.14. The van der Waals surface area contributed by atoms with Crippen LogP contribution in [-0.2, 0) is 17.8 Å². The number of aryl methyl sites for hydroxylation is 2. The second-order valence-corrected chi connectivity index (χ2v) is 7.13. The summed E-state index contributed by atoms with van der Waals surface area (Å²) < 4.78 is 11.1. The first-order valence-corrected chi connectivity index (χ1v) is 9.42. The first-order chi connectivity index (χ1) is 13.5. The lowest BCUT2D eigenvalue weighted by Crippen LogP contribution is -2.26. The molecule has 3 rings (SSSR count). The Bertz CT molecular complexity index is 951. The molecule has 0 bridgehead atoms. The summed E-state index contributed by atoms with van der Waals surface area (Å²) in [5.74, 6) is 1.97. The molecule has 0 unspecified atom stereocenters. The number of hydrogen-bond donors (Lipinski definition) is 0. The summed E-state index contributed by atoms with van der Waals surface area (Å²) in [6.45, 7) is 2.46. The van der Waals surface area contributed by atoms with Gasteiger partial charge in [-0.1, -0.05) is 41.4 Å². The van der Waals surface area contributed by atoms with E-state index in [1.54, 1.807) is 37.4 Å². The largest absolute Gasteiger partial charge is 0.496 e. The highest BCUT2D eigenvalue weighted by atomic mass is 35.5. The average Bonchev–Trinajstić information content (AvgIpc) is 3.16. The standard InChI is InChI=1S/C22H23ClN2O3/c1-15-4-6-16(7-5-15)20-13-24-21(28-20)10-11-22(26)25(2)14-17-12-18(23)8-9-19(17)27-3/h4-9,12-13H,10-11,14H2,1-3H3. The predicted octanol–water partition coefficient (Wildman–Crippen LogP) is 4.90. The molecule has 0 N–H and O–H groups in total. The Labute approximate surface area is 169 Å². The van der Waals surface area contributed by atoms with Crippen LogP contribution < -0.4 is 4.74 Å². The molecule has 0 fully saturated rings. The van der Waals surface area contributed by atoms with Gasteiger partial charge in [0.15, 0.2) is 11.7 Å². The number of nitrogens with zero attached hydrogens (tertiary/aromatic N) is 2. The van der Waals surface area contributed by atoms with Gasteiger partial charge < -0.3 is 14.1 Å². The van der Waals surface area contributed by atoms with Crippen LogP contribution in [-0.4, -0.2) is 29.9 Å². The highest BCUT2D eigenvalue weighted by molar-refractivity contribution is 6.30. The molecule has 1 aromatic heterocycles. The molecule has 0 aliphatic heterocycles. The Morgan fingerprint density at radius 3 is 2.68 bits per heavy atom. The zero-order valence-corrected chi connectivity index (χ0v) is 17.0. The summed E-state index contributed by atoms with van der Waals surface area (Å²) in [6.07, 6.45) is 2.46. The molecular weight excluding hydrogens is 376 g/mol. The van der Waals surface area contributed by atoms with Gasteiger partial charge in [0.1, 0.15) is 5.75 Å². The van der Waals surface area contributed by atoms with Gasteiger partial charge >= 0.3 is 0 Å². The van der Waals surface area contributed by atoms with Crippen molar-refractivity contribution in [2.75, 3.05) is 14.2 Å². The van der Waals surface area contributed by atoms with Gasteiger partial charge in [-0.3, -0.25) is 4.79 Å². The van der Waals surface area contributed by atoms with Crippen LogP contribution in [0.5, 0.6) is 5.75 Å². The molecule has 0 saturated carbocycles. The van der Waals surface area contributed by atoms with E-state index in [4.69, 9.17) is 20.8 Å². The molecule has 2 aromatic carbocycles. The van der Waals surface area contributed by atoms with Gasteiger partial charge in [0.05, 0.1) is 13.3 Å². The van der Waals surface area contributed by atoms with Crippen molar-refractivity contribution >= 4 is 17.5 Å². The zero-order valence-electron chi connectivity index (χ0n) is 16.2. The molecule has 0 aliphatic rings. The van der Waals surface area contributed by atoms with Gasteiger partial charge in [-0.2, -0.15) is 0 Å². The molecule has 0 atom stereocenters. The highest BCUT2D eigenvalue weighted by Crippen LogP contribution is 2.24. The third kappa shape index (κ3) is 4.93. The molecular formula is C22H23ClN2O3.